The lowest BCUT2D eigenvalue weighted by molar-refractivity contribution is -0.382. The summed E-state index contributed by atoms with van der Waals surface area (Å²) >= 11 is 0. The maximum Gasteiger partial charge on any atom is 0.187 e. The molecule has 0 spiro atoms. The highest BCUT2D eigenvalue weighted by Gasteiger charge is 2.65. The molecule has 5 atom stereocenters. The topological polar surface area (TPSA) is 110 Å². The van der Waals surface area contributed by atoms with E-state index in [0.29, 0.717) is 0 Å². The lowest BCUT2D eigenvalue weighted by Gasteiger charge is -2.56. The quantitative estimate of drug-likeness (QED) is 0.349. The molecule has 0 saturated carbocycles. The van der Waals surface area contributed by atoms with Gasteiger partial charge < -0.3 is 30.3 Å². The summed E-state index contributed by atoms with van der Waals surface area (Å²) < 4.78 is 4.85. The highest BCUT2D eigenvalue weighted by molar-refractivity contribution is 5.13. The summed E-state index contributed by atoms with van der Waals surface area (Å²) in [5.41, 5.74) is -5.91. The summed E-state index contributed by atoms with van der Waals surface area (Å²) in [6.07, 6.45) is -2.84. The van der Waals surface area contributed by atoms with E-state index in [9.17, 15) is 20.4 Å². The zero-order valence-corrected chi connectivity index (χ0v) is 9.01. The van der Waals surface area contributed by atoms with E-state index >= 15 is 0 Å². The Morgan fingerprint density at radius 1 is 1.07 bits per heavy atom. The molecule has 1 fully saturated rings. The average Bonchev–Trinajstić information content (AvgIpc) is 2.10. The van der Waals surface area contributed by atoms with Gasteiger partial charge in [0.1, 0.15) is 22.9 Å². The van der Waals surface area contributed by atoms with Crippen molar-refractivity contribution in [1.29, 1.82) is 0 Å². The standard InChI is InChI=1S/C9H18O6/c1-7(12)5(4-10)15-6(11)8(2,13)9(7,3)14/h5-6,10-14H,4H2,1-3H3/t5-,6-,7-,8+,9+/m1/s1. The summed E-state index contributed by atoms with van der Waals surface area (Å²) in [5, 5.41) is 48.3. The largest absolute Gasteiger partial charge is 0.394 e. The van der Waals surface area contributed by atoms with Crippen molar-refractivity contribution in [3.63, 3.8) is 0 Å². The third-order valence-electron chi connectivity index (χ3n) is 3.54. The van der Waals surface area contributed by atoms with E-state index in [1.165, 1.54) is 13.8 Å². The minimum absolute atomic E-state index is 0.573. The summed E-state index contributed by atoms with van der Waals surface area (Å²) in [4.78, 5) is 0. The summed E-state index contributed by atoms with van der Waals surface area (Å²) in [6.45, 7) is 2.99. The second-order valence-corrected chi connectivity index (χ2v) is 4.53. The van der Waals surface area contributed by atoms with Crippen LogP contribution in [-0.4, -0.2) is 61.3 Å². The molecule has 15 heavy (non-hydrogen) atoms. The molecule has 90 valence electrons. The van der Waals surface area contributed by atoms with Crippen LogP contribution in [0.25, 0.3) is 0 Å². The zero-order valence-electron chi connectivity index (χ0n) is 9.01. The number of ether oxygens (including phenoxy) is 1. The SMILES string of the molecule is C[C@@]1(O)[C@@](C)(O)[C@H](O)O[C@H](CO)[C@@]1(C)O. The molecule has 0 aliphatic carbocycles. The van der Waals surface area contributed by atoms with E-state index in [-0.39, 0.29) is 0 Å². The van der Waals surface area contributed by atoms with Crippen molar-refractivity contribution >= 4 is 0 Å². The molecule has 1 aliphatic rings. The highest BCUT2D eigenvalue weighted by atomic mass is 16.6. The van der Waals surface area contributed by atoms with Gasteiger partial charge in [-0.05, 0) is 20.8 Å². The third kappa shape index (κ3) is 1.49. The fraction of sp³-hybridized carbons (Fsp3) is 1.00. The van der Waals surface area contributed by atoms with Crippen LogP contribution >= 0.6 is 0 Å². The third-order valence-corrected chi connectivity index (χ3v) is 3.54. The highest BCUT2D eigenvalue weighted by Crippen LogP contribution is 2.43. The van der Waals surface area contributed by atoms with Gasteiger partial charge in [-0.25, -0.2) is 0 Å². The molecular formula is C9H18O6. The molecule has 1 saturated heterocycles. The Kier molecular flexibility index (Phi) is 2.89. The second-order valence-electron chi connectivity index (χ2n) is 4.53. The Morgan fingerprint density at radius 3 is 1.93 bits per heavy atom. The summed E-state index contributed by atoms with van der Waals surface area (Å²) in [5.74, 6) is 0. The Labute approximate surface area is 87.7 Å². The Morgan fingerprint density at radius 2 is 1.53 bits per heavy atom. The molecule has 5 N–H and O–H groups in total. The van der Waals surface area contributed by atoms with Gasteiger partial charge in [-0.3, -0.25) is 0 Å². The van der Waals surface area contributed by atoms with Gasteiger partial charge >= 0.3 is 0 Å². The molecule has 0 bridgehead atoms. The van der Waals surface area contributed by atoms with Gasteiger partial charge in [0.15, 0.2) is 6.29 Å². The number of hydrogen-bond acceptors (Lipinski definition) is 6. The number of hydrogen-bond donors (Lipinski definition) is 5. The molecule has 0 amide bonds. The summed E-state index contributed by atoms with van der Waals surface area (Å²) in [7, 11) is 0. The molecule has 0 aromatic carbocycles. The van der Waals surface area contributed by atoms with Crippen LogP contribution in [0.15, 0.2) is 0 Å². The van der Waals surface area contributed by atoms with Gasteiger partial charge in [0, 0.05) is 0 Å². The number of aliphatic hydroxyl groups is 5. The van der Waals surface area contributed by atoms with E-state index in [2.05, 4.69) is 0 Å². The predicted molar refractivity (Wildman–Crippen MR) is 49.8 cm³/mol. The average molecular weight is 222 g/mol. The predicted octanol–water partition coefficient (Wildman–Crippen LogP) is -2.05. The van der Waals surface area contributed by atoms with E-state index in [1.807, 2.05) is 0 Å². The first-order valence-electron chi connectivity index (χ1n) is 4.70. The lowest BCUT2D eigenvalue weighted by Crippen LogP contribution is -2.77. The van der Waals surface area contributed by atoms with Crippen LogP contribution < -0.4 is 0 Å². The molecule has 0 aromatic heterocycles. The van der Waals surface area contributed by atoms with E-state index in [0.717, 1.165) is 6.92 Å². The molecule has 0 unspecified atom stereocenters. The van der Waals surface area contributed by atoms with Crippen molar-refractivity contribution < 1.29 is 30.3 Å². The Balaban J connectivity index is 3.16. The minimum Gasteiger partial charge on any atom is -0.394 e. The molecule has 1 heterocycles. The Bertz CT molecular complexity index is 247. The molecule has 1 aliphatic heterocycles. The van der Waals surface area contributed by atoms with Crippen LogP contribution in [0.5, 0.6) is 0 Å². The molecule has 0 radical (unpaired) electrons. The van der Waals surface area contributed by atoms with Crippen LogP contribution in [0, 0.1) is 0 Å². The van der Waals surface area contributed by atoms with E-state index < -0.39 is 35.8 Å². The van der Waals surface area contributed by atoms with Gasteiger partial charge in [0.25, 0.3) is 0 Å². The smallest absolute Gasteiger partial charge is 0.187 e. The van der Waals surface area contributed by atoms with Gasteiger partial charge in [-0.1, -0.05) is 0 Å². The molecular weight excluding hydrogens is 204 g/mol. The molecule has 0 aromatic rings. The monoisotopic (exact) mass is 222 g/mol. The fourth-order valence-corrected chi connectivity index (χ4v) is 1.71. The normalized spacial score (nSPS) is 56.8. The maximum absolute atomic E-state index is 10.1. The van der Waals surface area contributed by atoms with Crippen molar-refractivity contribution in [1.82, 2.24) is 0 Å². The molecule has 1 rings (SSSR count). The van der Waals surface area contributed by atoms with E-state index in [4.69, 9.17) is 9.84 Å². The van der Waals surface area contributed by atoms with Gasteiger partial charge in [-0.2, -0.15) is 0 Å². The van der Waals surface area contributed by atoms with Crippen molar-refractivity contribution in [2.45, 2.75) is 50.0 Å². The first-order valence-corrected chi connectivity index (χ1v) is 4.70. The van der Waals surface area contributed by atoms with Crippen LogP contribution in [0.1, 0.15) is 20.8 Å². The first kappa shape index (κ1) is 12.8. The van der Waals surface area contributed by atoms with Crippen LogP contribution in [0.3, 0.4) is 0 Å². The van der Waals surface area contributed by atoms with Crippen molar-refractivity contribution in [2.75, 3.05) is 6.61 Å². The zero-order chi connectivity index (χ0) is 12.1. The fourth-order valence-electron chi connectivity index (χ4n) is 1.71. The second kappa shape index (κ2) is 3.38. The van der Waals surface area contributed by atoms with Gasteiger partial charge in [-0.15, -0.1) is 0 Å². The Hall–Kier alpha value is -0.240. The minimum atomic E-state index is -2.03. The van der Waals surface area contributed by atoms with Crippen molar-refractivity contribution in [3.05, 3.63) is 0 Å². The van der Waals surface area contributed by atoms with E-state index in [1.54, 1.807) is 0 Å². The van der Waals surface area contributed by atoms with Crippen molar-refractivity contribution in [3.8, 4) is 0 Å². The lowest BCUT2D eigenvalue weighted by atomic mass is 9.68. The molecule has 6 heteroatoms. The van der Waals surface area contributed by atoms with Crippen LogP contribution in [0.4, 0.5) is 0 Å². The van der Waals surface area contributed by atoms with Crippen LogP contribution in [0.2, 0.25) is 0 Å². The van der Waals surface area contributed by atoms with Crippen molar-refractivity contribution in [2.24, 2.45) is 0 Å². The molecule has 6 nitrogen and oxygen atoms in total. The number of aliphatic hydroxyl groups excluding tert-OH is 2. The number of rotatable bonds is 1. The summed E-state index contributed by atoms with van der Waals surface area (Å²) in [6, 6.07) is 0. The van der Waals surface area contributed by atoms with Crippen LogP contribution in [-0.2, 0) is 4.74 Å². The van der Waals surface area contributed by atoms with Gasteiger partial charge in [0.05, 0.1) is 6.61 Å². The van der Waals surface area contributed by atoms with Gasteiger partial charge in [0.2, 0.25) is 0 Å². The first-order chi connectivity index (χ1) is 6.59. The maximum atomic E-state index is 10.1.